The number of carbonyl (C=O) groups excluding carboxylic acids is 3. The van der Waals surface area contributed by atoms with Crippen molar-refractivity contribution >= 4 is 48.3 Å². The Morgan fingerprint density at radius 1 is 0.940 bits per heavy atom. The van der Waals surface area contributed by atoms with Gasteiger partial charge in [-0.3, -0.25) is 29.2 Å². The third-order valence-corrected chi connectivity index (χ3v) is 14.5. The molecule has 0 saturated carbocycles. The Morgan fingerprint density at radius 2 is 1.67 bits per heavy atom. The minimum Gasteiger partial charge on any atom is -0.369 e. The van der Waals surface area contributed by atoms with Gasteiger partial charge in [0.2, 0.25) is 11.8 Å². The van der Waals surface area contributed by atoms with E-state index in [2.05, 4.69) is 91.5 Å². The molecule has 18 heteroatoms. The molecular formula is C49H64N12O5Si. The number of nitrogens with one attached hydrogen (secondary N) is 2. The highest BCUT2D eigenvalue weighted by atomic mass is 28.3. The fourth-order valence-electron chi connectivity index (χ4n) is 8.74. The van der Waals surface area contributed by atoms with E-state index in [0.29, 0.717) is 31.2 Å². The van der Waals surface area contributed by atoms with Gasteiger partial charge in [-0.1, -0.05) is 69.8 Å². The molecule has 354 valence electrons. The van der Waals surface area contributed by atoms with Crippen LogP contribution in [0.2, 0.25) is 25.7 Å². The predicted molar refractivity (Wildman–Crippen MR) is 262 cm³/mol. The topological polar surface area (TPSA) is 184 Å². The van der Waals surface area contributed by atoms with Gasteiger partial charge in [0.1, 0.15) is 12.4 Å². The summed E-state index contributed by atoms with van der Waals surface area (Å²) in [7, 11) is -1.29. The maximum Gasteiger partial charge on any atom is 0.333 e. The number of hydrogen-bond acceptors (Lipinski definition) is 12. The Balaban J connectivity index is 0.851. The number of aryl methyl sites for hydroxylation is 2. The van der Waals surface area contributed by atoms with E-state index in [0.717, 1.165) is 94.7 Å². The molecule has 0 radical (unpaired) electrons. The smallest absolute Gasteiger partial charge is 0.333 e. The molecule has 0 spiro atoms. The van der Waals surface area contributed by atoms with Crippen molar-refractivity contribution in [1.82, 2.24) is 50.2 Å². The van der Waals surface area contributed by atoms with Gasteiger partial charge in [0.15, 0.2) is 5.65 Å². The zero-order valence-corrected chi connectivity index (χ0v) is 41.6. The van der Waals surface area contributed by atoms with Crippen molar-refractivity contribution in [3.63, 3.8) is 0 Å². The molecule has 8 rings (SSSR count). The second-order valence-electron chi connectivity index (χ2n) is 20.1. The standard InChI is InChI=1S/C49H64N12O5Si/c1-31-27-36(13-16-39(31)32(2)51-46(63)45-52-47(66-56-45)49(5,6)7)42-40-28-37(29-50-44(40)54-53-42)35-11-14-38(15-12-35)58-22-19-57(20-23-58)21-24-61-34(4)43(33(3)55-61)59-18-17-41(62)60(48(59)64)30-65-25-26-67(8,9)10/h11-16,27-29,32H,17-26,30H2,1-10H3,(H,51,63)(H,50,53,54). The largest absolute Gasteiger partial charge is 0.369 e. The van der Waals surface area contributed by atoms with Crippen molar-refractivity contribution in [3.8, 4) is 22.4 Å². The Labute approximate surface area is 393 Å². The zero-order chi connectivity index (χ0) is 47.8. The summed E-state index contributed by atoms with van der Waals surface area (Å²) in [6, 6.07) is 17.3. The number of aromatic nitrogens is 7. The third-order valence-electron chi connectivity index (χ3n) is 12.8. The predicted octanol–water partition coefficient (Wildman–Crippen LogP) is 7.88. The number of hydrogen-bond donors (Lipinski definition) is 2. The van der Waals surface area contributed by atoms with E-state index in [1.54, 1.807) is 4.90 Å². The minimum absolute atomic E-state index is 0.0164. The van der Waals surface area contributed by atoms with Gasteiger partial charge in [0.05, 0.1) is 29.7 Å². The summed E-state index contributed by atoms with van der Waals surface area (Å²) in [5, 5.41) is 20.4. The number of amides is 4. The van der Waals surface area contributed by atoms with Crippen LogP contribution < -0.4 is 15.1 Å². The highest BCUT2D eigenvalue weighted by Gasteiger charge is 2.36. The molecule has 1 unspecified atom stereocenters. The van der Waals surface area contributed by atoms with Gasteiger partial charge in [-0.05, 0) is 74.7 Å². The van der Waals surface area contributed by atoms with E-state index in [9.17, 15) is 14.4 Å². The number of imide groups is 1. The molecule has 6 heterocycles. The lowest BCUT2D eigenvalue weighted by Gasteiger charge is -2.36. The highest BCUT2D eigenvalue weighted by molar-refractivity contribution is 6.76. The number of ether oxygens (including phenoxy) is 1. The van der Waals surface area contributed by atoms with Crippen LogP contribution in [0.25, 0.3) is 33.4 Å². The summed E-state index contributed by atoms with van der Waals surface area (Å²) in [5.41, 5.74) is 9.82. The first-order valence-corrected chi connectivity index (χ1v) is 27.0. The Kier molecular flexibility index (Phi) is 13.5. The molecule has 2 fully saturated rings. The number of benzene rings is 2. The Bertz CT molecular complexity index is 2760. The summed E-state index contributed by atoms with van der Waals surface area (Å²) in [6.45, 7) is 26.6. The van der Waals surface area contributed by atoms with Crippen molar-refractivity contribution in [3.05, 3.63) is 89.0 Å². The van der Waals surface area contributed by atoms with E-state index in [-0.39, 0.29) is 42.4 Å². The van der Waals surface area contributed by atoms with Crippen molar-refractivity contribution in [2.24, 2.45) is 0 Å². The van der Waals surface area contributed by atoms with Gasteiger partial charge in [-0.2, -0.15) is 15.2 Å². The van der Waals surface area contributed by atoms with Gasteiger partial charge in [-0.15, -0.1) is 0 Å². The van der Waals surface area contributed by atoms with E-state index < -0.39 is 14.0 Å². The van der Waals surface area contributed by atoms with Crippen LogP contribution in [0.4, 0.5) is 16.2 Å². The van der Waals surface area contributed by atoms with Crippen LogP contribution in [0.15, 0.2) is 59.3 Å². The maximum atomic E-state index is 13.6. The van der Waals surface area contributed by atoms with Crippen LogP contribution in [0, 0.1) is 20.8 Å². The molecule has 4 amide bonds. The SMILES string of the molecule is Cc1cc(-c2n[nH]c3ncc(-c4ccc(N5CCN(CCn6nc(C)c(N7CCC(=O)N(COCC[Si](C)(C)C)C7=O)c6C)CC5)cc4)cc23)ccc1C(C)NC(=O)c1noc(C(C)(C)C)n1. The number of H-pyrrole nitrogens is 1. The first-order valence-electron chi connectivity index (χ1n) is 23.3. The minimum atomic E-state index is -1.29. The number of piperazine rings is 1. The molecule has 4 aromatic heterocycles. The summed E-state index contributed by atoms with van der Waals surface area (Å²) in [6.07, 6.45) is 2.13. The van der Waals surface area contributed by atoms with Crippen molar-refractivity contribution in [2.45, 2.75) is 98.6 Å². The second kappa shape index (κ2) is 19.2. The molecule has 2 saturated heterocycles. The second-order valence-corrected chi connectivity index (χ2v) is 25.7. The molecule has 2 aromatic carbocycles. The van der Waals surface area contributed by atoms with E-state index >= 15 is 0 Å². The van der Waals surface area contributed by atoms with Crippen molar-refractivity contribution in [1.29, 1.82) is 0 Å². The van der Waals surface area contributed by atoms with Crippen LogP contribution in [-0.4, -0.2) is 123 Å². The maximum absolute atomic E-state index is 13.6. The first kappa shape index (κ1) is 47.3. The van der Waals surface area contributed by atoms with E-state index in [1.165, 1.54) is 10.6 Å². The van der Waals surface area contributed by atoms with Gasteiger partial charge < -0.3 is 19.5 Å². The summed E-state index contributed by atoms with van der Waals surface area (Å²) in [4.78, 5) is 56.1. The van der Waals surface area contributed by atoms with Crippen LogP contribution in [0.3, 0.4) is 0 Å². The molecule has 1 atom stereocenters. The molecular weight excluding hydrogens is 865 g/mol. The van der Waals surface area contributed by atoms with Crippen molar-refractivity contribution < 1.29 is 23.6 Å². The van der Waals surface area contributed by atoms with Gasteiger partial charge >= 0.3 is 6.03 Å². The molecule has 2 aliphatic heterocycles. The lowest BCUT2D eigenvalue weighted by molar-refractivity contribution is -0.133. The first-order chi connectivity index (χ1) is 31.8. The third kappa shape index (κ3) is 10.5. The number of anilines is 2. The van der Waals surface area contributed by atoms with Crippen molar-refractivity contribution in [2.75, 3.05) is 62.4 Å². The Hall–Kier alpha value is -6.24. The Morgan fingerprint density at radius 3 is 2.36 bits per heavy atom. The van der Waals surface area contributed by atoms with E-state index in [4.69, 9.17) is 19.3 Å². The fraction of sp³-hybridized carbons (Fsp3) is 0.469. The molecule has 2 aliphatic rings. The monoisotopic (exact) mass is 928 g/mol. The zero-order valence-electron chi connectivity index (χ0n) is 40.6. The molecule has 0 aliphatic carbocycles. The number of carbonyl (C=O) groups is 3. The van der Waals surface area contributed by atoms with Crippen LogP contribution in [-0.2, 0) is 21.5 Å². The normalized spacial score (nSPS) is 15.8. The molecule has 17 nitrogen and oxygen atoms in total. The van der Waals surface area contributed by atoms with Gasteiger partial charge in [0.25, 0.3) is 11.7 Å². The molecule has 0 bridgehead atoms. The van der Waals surface area contributed by atoms with Gasteiger partial charge in [0, 0.05) is 94.2 Å². The number of urea groups is 1. The van der Waals surface area contributed by atoms with Crippen LogP contribution >= 0.6 is 0 Å². The average molecular weight is 929 g/mol. The summed E-state index contributed by atoms with van der Waals surface area (Å²) < 4.78 is 13.1. The molecule has 6 aromatic rings. The highest BCUT2D eigenvalue weighted by Crippen LogP contribution is 2.33. The number of aromatic amines is 1. The lowest BCUT2D eigenvalue weighted by atomic mass is 9.97. The van der Waals surface area contributed by atoms with E-state index in [1.807, 2.05) is 71.5 Å². The number of nitrogens with zero attached hydrogens (tertiary/aromatic N) is 10. The summed E-state index contributed by atoms with van der Waals surface area (Å²) >= 11 is 0. The molecule has 67 heavy (non-hydrogen) atoms. The number of rotatable bonds is 15. The number of fused-ring (bicyclic) bond motifs is 1. The number of pyridine rings is 1. The van der Waals surface area contributed by atoms with Crippen LogP contribution in [0.5, 0.6) is 0 Å². The average Bonchev–Trinajstić information content (AvgIpc) is 4.03. The van der Waals surface area contributed by atoms with Crippen LogP contribution in [0.1, 0.15) is 79.2 Å². The quantitative estimate of drug-likeness (QED) is 0.0752. The molecule has 2 N–H and O–H groups in total. The lowest BCUT2D eigenvalue weighted by Crippen LogP contribution is -2.53. The fourth-order valence-corrected chi connectivity index (χ4v) is 9.49. The summed E-state index contributed by atoms with van der Waals surface area (Å²) in [5.74, 6) is -0.159. The van der Waals surface area contributed by atoms with Gasteiger partial charge in [-0.25, -0.2) is 14.7 Å².